The van der Waals surface area contributed by atoms with Crippen molar-refractivity contribution >= 4 is 11.4 Å². The summed E-state index contributed by atoms with van der Waals surface area (Å²) in [5.41, 5.74) is 20.1. The summed E-state index contributed by atoms with van der Waals surface area (Å²) in [7, 11) is 0. The third-order valence-corrected chi connectivity index (χ3v) is 6.27. The van der Waals surface area contributed by atoms with Crippen molar-refractivity contribution in [1.82, 2.24) is 9.66 Å². The third kappa shape index (κ3) is 3.60. The maximum atomic E-state index is 6.90. The number of nitrogens with one attached hydrogen (secondary N) is 2. The molecule has 1 fully saturated rings. The van der Waals surface area contributed by atoms with E-state index >= 15 is 0 Å². The average Bonchev–Trinajstić information content (AvgIpc) is 3.23. The number of hydrogen-bond acceptors (Lipinski definition) is 5. The Kier molecular flexibility index (Phi) is 4.81. The number of fused-ring (bicyclic) bond motifs is 1. The Morgan fingerprint density at radius 2 is 1.77 bits per heavy atom. The fraction of sp³-hybridized carbons (Fsp3) is 0.292. The maximum Gasteiger partial charge on any atom is 0.174 e. The number of nitrogens with two attached hydrogens (primary N) is 2. The van der Waals surface area contributed by atoms with Crippen LogP contribution < -0.4 is 22.2 Å². The van der Waals surface area contributed by atoms with Gasteiger partial charge in [0.15, 0.2) is 5.82 Å². The molecule has 6 nitrogen and oxygen atoms in total. The highest BCUT2D eigenvalue weighted by molar-refractivity contribution is 5.78. The number of rotatable bonds is 4. The van der Waals surface area contributed by atoms with Crippen molar-refractivity contribution in [1.29, 1.82) is 0 Å². The summed E-state index contributed by atoms with van der Waals surface area (Å²) in [6.45, 7) is 0. The number of anilines is 1. The molecule has 0 saturated heterocycles. The van der Waals surface area contributed by atoms with E-state index in [1.165, 1.54) is 11.1 Å². The number of nitrogens with zero attached hydrogens (tertiary/aromatic N) is 2. The minimum atomic E-state index is -0.646. The molecule has 0 radical (unpaired) electrons. The molecular formula is C24H28N6. The topological polar surface area (TPSA) is 93.9 Å². The second-order valence-corrected chi connectivity index (χ2v) is 8.41. The molecule has 2 aliphatic rings. The Hall–Kier alpha value is -3.09. The SMILES string of the molecule is NC1CCC(C2(N)C=C(Nc3cccc(-c4ccccc4)c3)c3nccn3N2)CC1. The van der Waals surface area contributed by atoms with Gasteiger partial charge in [0.2, 0.25) is 0 Å². The van der Waals surface area contributed by atoms with Crippen molar-refractivity contribution < 1.29 is 0 Å². The van der Waals surface area contributed by atoms with Crippen LogP contribution >= 0.6 is 0 Å². The van der Waals surface area contributed by atoms with Gasteiger partial charge in [-0.2, -0.15) is 0 Å². The lowest BCUT2D eigenvalue weighted by molar-refractivity contribution is 0.239. The van der Waals surface area contributed by atoms with Crippen molar-refractivity contribution in [3.63, 3.8) is 0 Å². The minimum absolute atomic E-state index is 0.291. The summed E-state index contributed by atoms with van der Waals surface area (Å²) in [6, 6.07) is 19.1. The molecule has 6 heteroatoms. The smallest absolute Gasteiger partial charge is 0.174 e. The molecule has 0 amide bonds. The van der Waals surface area contributed by atoms with Crippen molar-refractivity contribution in [2.24, 2.45) is 17.4 Å². The van der Waals surface area contributed by atoms with Gasteiger partial charge in [-0.25, -0.2) is 9.66 Å². The lowest BCUT2D eigenvalue weighted by atomic mass is 9.78. The summed E-state index contributed by atoms with van der Waals surface area (Å²) in [5, 5.41) is 3.57. The minimum Gasteiger partial charge on any atom is -0.353 e. The number of aromatic nitrogens is 2. The van der Waals surface area contributed by atoms with Crippen LogP contribution in [0.2, 0.25) is 0 Å². The first kappa shape index (κ1) is 18.9. The zero-order valence-corrected chi connectivity index (χ0v) is 17.0. The van der Waals surface area contributed by atoms with E-state index in [9.17, 15) is 0 Å². The van der Waals surface area contributed by atoms with Crippen LogP contribution in [0.25, 0.3) is 16.8 Å². The quantitative estimate of drug-likeness (QED) is 0.535. The molecule has 2 aromatic carbocycles. The molecule has 1 aliphatic heterocycles. The lowest BCUT2D eigenvalue weighted by Gasteiger charge is -2.42. The molecule has 2 heterocycles. The molecule has 0 spiro atoms. The van der Waals surface area contributed by atoms with Crippen molar-refractivity contribution in [3.05, 3.63) is 78.9 Å². The molecular weight excluding hydrogens is 372 g/mol. The predicted octanol–water partition coefficient (Wildman–Crippen LogP) is 3.73. The van der Waals surface area contributed by atoms with Crippen LogP contribution in [0.3, 0.4) is 0 Å². The van der Waals surface area contributed by atoms with Crippen LogP contribution in [-0.2, 0) is 0 Å². The largest absolute Gasteiger partial charge is 0.353 e. The predicted molar refractivity (Wildman–Crippen MR) is 122 cm³/mol. The molecule has 1 saturated carbocycles. The van der Waals surface area contributed by atoms with Gasteiger partial charge in [-0.1, -0.05) is 42.5 Å². The van der Waals surface area contributed by atoms with E-state index in [0.717, 1.165) is 42.9 Å². The lowest BCUT2D eigenvalue weighted by Crippen LogP contribution is -2.58. The van der Waals surface area contributed by atoms with E-state index in [2.05, 4.69) is 70.3 Å². The number of benzene rings is 2. The highest BCUT2D eigenvalue weighted by atomic mass is 15.5. The van der Waals surface area contributed by atoms with E-state index in [0.29, 0.717) is 12.0 Å². The Morgan fingerprint density at radius 1 is 1.00 bits per heavy atom. The highest BCUT2D eigenvalue weighted by Crippen LogP contribution is 2.35. The van der Waals surface area contributed by atoms with Gasteiger partial charge >= 0.3 is 0 Å². The van der Waals surface area contributed by atoms with E-state index < -0.39 is 5.66 Å². The molecule has 154 valence electrons. The molecule has 1 unspecified atom stereocenters. The first-order valence-electron chi connectivity index (χ1n) is 10.6. The van der Waals surface area contributed by atoms with E-state index in [-0.39, 0.29) is 0 Å². The standard InChI is InChI=1S/C24H28N6/c25-20-11-9-19(10-12-20)24(26)16-22(23-27-13-14-30(23)29-24)28-21-8-4-7-18(15-21)17-5-2-1-3-6-17/h1-8,13-16,19-20,28-29H,9-12,25-26H2. The van der Waals surface area contributed by atoms with Crippen LogP contribution in [0, 0.1) is 5.92 Å². The summed E-state index contributed by atoms with van der Waals surface area (Å²) < 4.78 is 1.93. The average molecular weight is 401 g/mol. The number of imidazole rings is 1. The fourth-order valence-corrected chi connectivity index (χ4v) is 4.60. The summed E-state index contributed by atoms with van der Waals surface area (Å²) in [6.07, 6.45) is 9.87. The Balaban J connectivity index is 1.46. The van der Waals surface area contributed by atoms with Crippen LogP contribution in [0.1, 0.15) is 31.5 Å². The van der Waals surface area contributed by atoms with Crippen LogP contribution in [-0.4, -0.2) is 21.4 Å². The first-order chi connectivity index (χ1) is 14.6. The molecule has 1 aliphatic carbocycles. The molecule has 5 rings (SSSR count). The molecule has 1 aromatic heterocycles. The summed E-state index contributed by atoms with van der Waals surface area (Å²) in [5.74, 6) is 1.15. The van der Waals surface area contributed by atoms with Crippen molar-refractivity contribution in [2.45, 2.75) is 37.4 Å². The molecule has 0 bridgehead atoms. The van der Waals surface area contributed by atoms with Crippen LogP contribution in [0.5, 0.6) is 0 Å². The summed E-state index contributed by atoms with van der Waals surface area (Å²) in [4.78, 5) is 4.53. The van der Waals surface area contributed by atoms with Gasteiger partial charge in [0.05, 0.1) is 5.70 Å². The molecule has 6 N–H and O–H groups in total. The maximum absolute atomic E-state index is 6.90. The van der Waals surface area contributed by atoms with E-state index in [1.807, 2.05) is 16.9 Å². The molecule has 30 heavy (non-hydrogen) atoms. The van der Waals surface area contributed by atoms with Gasteiger partial charge in [0.25, 0.3) is 0 Å². The molecule has 1 atom stereocenters. The monoisotopic (exact) mass is 400 g/mol. The third-order valence-electron chi connectivity index (χ3n) is 6.27. The second kappa shape index (κ2) is 7.63. The van der Waals surface area contributed by atoms with Crippen molar-refractivity contribution in [3.8, 4) is 11.1 Å². The van der Waals surface area contributed by atoms with E-state index in [4.69, 9.17) is 11.5 Å². The van der Waals surface area contributed by atoms with Crippen molar-refractivity contribution in [2.75, 3.05) is 10.7 Å². The zero-order valence-electron chi connectivity index (χ0n) is 17.0. The Bertz CT molecular complexity index is 1050. The van der Waals surface area contributed by atoms with Crippen LogP contribution in [0.4, 0.5) is 5.69 Å². The first-order valence-corrected chi connectivity index (χ1v) is 10.6. The van der Waals surface area contributed by atoms with Crippen LogP contribution in [0.15, 0.2) is 73.1 Å². The van der Waals surface area contributed by atoms with Gasteiger partial charge in [0, 0.05) is 30.0 Å². The number of hydrogen-bond donors (Lipinski definition) is 4. The van der Waals surface area contributed by atoms with Gasteiger partial charge < -0.3 is 22.2 Å². The van der Waals surface area contributed by atoms with Gasteiger partial charge in [-0.05, 0) is 55.0 Å². The molecule has 3 aromatic rings. The van der Waals surface area contributed by atoms with Gasteiger partial charge in [-0.3, -0.25) is 0 Å². The fourth-order valence-electron chi connectivity index (χ4n) is 4.60. The zero-order chi connectivity index (χ0) is 20.6. The normalized spacial score (nSPS) is 25.7. The summed E-state index contributed by atoms with van der Waals surface area (Å²) >= 11 is 0. The Labute approximate surface area is 177 Å². The highest BCUT2D eigenvalue weighted by Gasteiger charge is 2.39. The van der Waals surface area contributed by atoms with Gasteiger partial charge in [-0.15, -0.1) is 0 Å². The second-order valence-electron chi connectivity index (χ2n) is 8.41. The Morgan fingerprint density at radius 3 is 2.57 bits per heavy atom. The van der Waals surface area contributed by atoms with Gasteiger partial charge in [0.1, 0.15) is 5.66 Å². The van der Waals surface area contributed by atoms with E-state index in [1.54, 1.807) is 6.20 Å².